The normalized spacial score (nSPS) is 12.3. The van der Waals surface area contributed by atoms with Gasteiger partial charge in [0.1, 0.15) is 5.75 Å². The number of hydrogen-bond acceptors (Lipinski definition) is 3. The van der Waals surface area contributed by atoms with Crippen molar-refractivity contribution in [2.45, 2.75) is 39.8 Å². The maximum atomic E-state index is 5.63. The first-order valence-corrected chi connectivity index (χ1v) is 7.69. The minimum absolute atomic E-state index is 0.259. The number of likely N-dealkylation sites (N-methyl/N-ethyl adjacent to an activating group) is 1. The molecule has 4 nitrogen and oxygen atoms in total. The quantitative estimate of drug-likeness (QED) is 0.809. The molecule has 114 valence electrons. The van der Waals surface area contributed by atoms with E-state index in [0.29, 0.717) is 0 Å². The van der Waals surface area contributed by atoms with E-state index < -0.39 is 0 Å². The minimum atomic E-state index is 0.259. The Morgan fingerprint density at radius 3 is 2.52 bits per heavy atom. The number of rotatable bonds is 8. The molecule has 1 aromatic heterocycles. The minimum Gasteiger partial charge on any atom is -0.494 e. The highest BCUT2D eigenvalue weighted by atomic mass is 16.5. The van der Waals surface area contributed by atoms with Crippen LogP contribution in [-0.2, 0) is 6.54 Å². The highest BCUT2D eigenvalue weighted by Gasteiger charge is 2.11. The molecule has 0 saturated carbocycles. The zero-order chi connectivity index (χ0) is 15.1. The summed E-state index contributed by atoms with van der Waals surface area (Å²) in [6, 6.07) is 10.6. The second-order valence-electron chi connectivity index (χ2n) is 5.21. The van der Waals surface area contributed by atoms with Crippen LogP contribution in [0.4, 0.5) is 0 Å². The summed E-state index contributed by atoms with van der Waals surface area (Å²) < 4.78 is 7.62. The molecule has 0 radical (unpaired) electrons. The van der Waals surface area contributed by atoms with Crippen molar-refractivity contribution in [3.63, 3.8) is 0 Å². The fourth-order valence-corrected chi connectivity index (χ4v) is 2.30. The molecule has 0 aliphatic rings. The van der Waals surface area contributed by atoms with Gasteiger partial charge in [-0.15, -0.1) is 0 Å². The molecule has 1 N–H and O–H groups in total. The van der Waals surface area contributed by atoms with Crippen LogP contribution in [0.2, 0.25) is 0 Å². The number of nitrogens with zero attached hydrogens (tertiary/aromatic N) is 2. The highest BCUT2D eigenvalue weighted by Crippen LogP contribution is 2.19. The standard InChI is InChI=1S/C17H25N3O/c1-4-12-21-16-8-6-15(7-9-16)17(18-5-2)13-20-11-10-14(3)19-20/h6-11,17-18H,4-5,12-13H2,1-3H3. The number of aromatic nitrogens is 2. The largest absolute Gasteiger partial charge is 0.494 e. The van der Waals surface area contributed by atoms with Gasteiger partial charge in [0.15, 0.2) is 0 Å². The highest BCUT2D eigenvalue weighted by molar-refractivity contribution is 5.29. The molecule has 0 saturated heterocycles. The fourth-order valence-electron chi connectivity index (χ4n) is 2.30. The monoisotopic (exact) mass is 287 g/mol. The summed E-state index contributed by atoms with van der Waals surface area (Å²) >= 11 is 0. The van der Waals surface area contributed by atoms with E-state index in [-0.39, 0.29) is 6.04 Å². The van der Waals surface area contributed by atoms with Crippen LogP contribution in [0, 0.1) is 6.92 Å². The van der Waals surface area contributed by atoms with Gasteiger partial charge in [-0.1, -0.05) is 26.0 Å². The van der Waals surface area contributed by atoms with Crippen LogP contribution < -0.4 is 10.1 Å². The maximum absolute atomic E-state index is 5.63. The molecule has 2 aromatic rings. The van der Waals surface area contributed by atoms with Crippen LogP contribution in [0.25, 0.3) is 0 Å². The third-order valence-corrected chi connectivity index (χ3v) is 3.35. The Morgan fingerprint density at radius 2 is 1.95 bits per heavy atom. The first-order valence-electron chi connectivity index (χ1n) is 7.69. The van der Waals surface area contributed by atoms with Gasteiger partial charge in [-0.3, -0.25) is 4.68 Å². The van der Waals surface area contributed by atoms with Crippen molar-refractivity contribution < 1.29 is 4.74 Å². The van der Waals surface area contributed by atoms with Crippen molar-refractivity contribution in [3.8, 4) is 5.75 Å². The van der Waals surface area contributed by atoms with Crippen molar-refractivity contribution >= 4 is 0 Å². The molecule has 21 heavy (non-hydrogen) atoms. The summed E-state index contributed by atoms with van der Waals surface area (Å²) in [6.07, 6.45) is 3.05. The van der Waals surface area contributed by atoms with Gasteiger partial charge in [0, 0.05) is 6.20 Å². The Hall–Kier alpha value is -1.81. The molecule has 1 atom stereocenters. The fraction of sp³-hybridized carbons (Fsp3) is 0.471. The number of hydrogen-bond donors (Lipinski definition) is 1. The van der Waals surface area contributed by atoms with Gasteiger partial charge >= 0.3 is 0 Å². The molecule has 0 fully saturated rings. The molecule has 4 heteroatoms. The van der Waals surface area contributed by atoms with E-state index in [1.165, 1.54) is 5.56 Å². The molecular weight excluding hydrogens is 262 g/mol. The van der Waals surface area contributed by atoms with E-state index in [0.717, 1.165) is 37.6 Å². The number of aryl methyl sites for hydroxylation is 1. The molecule has 0 bridgehead atoms. The van der Waals surface area contributed by atoms with Crippen molar-refractivity contribution in [2.24, 2.45) is 0 Å². The summed E-state index contributed by atoms with van der Waals surface area (Å²) in [5.41, 5.74) is 2.31. The van der Waals surface area contributed by atoms with Gasteiger partial charge in [-0.25, -0.2) is 0 Å². The van der Waals surface area contributed by atoms with Crippen LogP contribution >= 0.6 is 0 Å². The molecule has 0 aliphatic carbocycles. The lowest BCUT2D eigenvalue weighted by molar-refractivity contribution is 0.317. The molecular formula is C17H25N3O. The number of nitrogens with one attached hydrogen (secondary N) is 1. The maximum Gasteiger partial charge on any atom is 0.119 e. The van der Waals surface area contributed by atoms with Gasteiger partial charge in [0.25, 0.3) is 0 Å². The third kappa shape index (κ3) is 4.60. The van der Waals surface area contributed by atoms with Crippen LogP contribution in [0.15, 0.2) is 36.5 Å². The predicted octanol–water partition coefficient (Wildman–Crippen LogP) is 3.33. The van der Waals surface area contributed by atoms with E-state index in [9.17, 15) is 0 Å². The lowest BCUT2D eigenvalue weighted by Gasteiger charge is -2.19. The lowest BCUT2D eigenvalue weighted by atomic mass is 10.1. The Bertz CT molecular complexity index is 533. The van der Waals surface area contributed by atoms with E-state index >= 15 is 0 Å². The Balaban J connectivity index is 2.06. The van der Waals surface area contributed by atoms with E-state index in [4.69, 9.17) is 4.74 Å². The smallest absolute Gasteiger partial charge is 0.119 e. The van der Waals surface area contributed by atoms with Gasteiger partial charge in [-0.05, 0) is 43.7 Å². The Labute approximate surface area is 127 Å². The summed E-state index contributed by atoms with van der Waals surface area (Å²) in [6.45, 7) is 8.78. The number of ether oxygens (including phenoxy) is 1. The van der Waals surface area contributed by atoms with Gasteiger partial charge in [-0.2, -0.15) is 5.10 Å². The summed E-state index contributed by atoms with van der Waals surface area (Å²) in [4.78, 5) is 0. The molecule has 0 spiro atoms. The molecule has 1 heterocycles. The molecule has 0 aliphatic heterocycles. The first-order chi connectivity index (χ1) is 10.2. The van der Waals surface area contributed by atoms with Crippen molar-refractivity contribution in [1.82, 2.24) is 15.1 Å². The summed E-state index contributed by atoms with van der Waals surface area (Å²) in [5.74, 6) is 0.936. The van der Waals surface area contributed by atoms with E-state index in [2.05, 4.69) is 36.4 Å². The van der Waals surface area contributed by atoms with Crippen molar-refractivity contribution in [1.29, 1.82) is 0 Å². The lowest BCUT2D eigenvalue weighted by Crippen LogP contribution is -2.25. The Kier molecular flexibility index (Phi) is 5.81. The van der Waals surface area contributed by atoms with Crippen LogP contribution in [-0.4, -0.2) is 22.9 Å². The van der Waals surface area contributed by atoms with Gasteiger partial charge in [0.2, 0.25) is 0 Å². The zero-order valence-electron chi connectivity index (χ0n) is 13.2. The first kappa shape index (κ1) is 15.6. The third-order valence-electron chi connectivity index (χ3n) is 3.35. The second-order valence-corrected chi connectivity index (χ2v) is 5.21. The van der Waals surface area contributed by atoms with Crippen molar-refractivity contribution in [2.75, 3.05) is 13.2 Å². The van der Waals surface area contributed by atoms with Crippen LogP contribution in [0.1, 0.15) is 37.6 Å². The van der Waals surface area contributed by atoms with E-state index in [1.54, 1.807) is 0 Å². The Morgan fingerprint density at radius 1 is 1.19 bits per heavy atom. The topological polar surface area (TPSA) is 39.1 Å². The van der Waals surface area contributed by atoms with Gasteiger partial charge < -0.3 is 10.1 Å². The zero-order valence-corrected chi connectivity index (χ0v) is 13.2. The average molecular weight is 287 g/mol. The van der Waals surface area contributed by atoms with Crippen LogP contribution in [0.3, 0.4) is 0 Å². The summed E-state index contributed by atoms with van der Waals surface area (Å²) in [7, 11) is 0. The van der Waals surface area contributed by atoms with Crippen molar-refractivity contribution in [3.05, 3.63) is 47.8 Å². The molecule has 2 rings (SSSR count). The summed E-state index contributed by atoms with van der Waals surface area (Å²) in [5, 5.41) is 7.99. The van der Waals surface area contributed by atoms with Gasteiger partial charge in [0.05, 0.1) is 24.9 Å². The average Bonchev–Trinajstić information content (AvgIpc) is 2.90. The number of benzene rings is 1. The second kappa shape index (κ2) is 7.84. The van der Waals surface area contributed by atoms with Crippen LogP contribution in [0.5, 0.6) is 5.75 Å². The molecule has 1 aromatic carbocycles. The molecule has 1 unspecified atom stereocenters. The predicted molar refractivity (Wildman–Crippen MR) is 85.6 cm³/mol. The SMILES string of the molecule is CCCOc1ccc(C(Cn2ccc(C)n2)NCC)cc1. The molecule has 0 amide bonds. The van der Waals surface area contributed by atoms with E-state index in [1.807, 2.05) is 36.0 Å².